The average molecular weight is 272 g/mol. The van der Waals surface area contributed by atoms with Gasteiger partial charge < -0.3 is 5.11 Å². The Morgan fingerprint density at radius 3 is 2.29 bits per heavy atom. The zero-order valence-corrected chi connectivity index (χ0v) is 8.78. The maximum absolute atomic E-state index is 12.5. The minimum absolute atomic E-state index is 0.0244. The molecule has 2 nitrogen and oxygen atoms in total. The van der Waals surface area contributed by atoms with Gasteiger partial charge in [0.05, 0.1) is 4.88 Å². The normalized spacial score (nSPS) is 13.8. The van der Waals surface area contributed by atoms with Gasteiger partial charge in [0.15, 0.2) is 0 Å². The Balaban J connectivity index is 2.97. The van der Waals surface area contributed by atoms with Crippen LogP contribution in [0.3, 0.4) is 0 Å². The van der Waals surface area contributed by atoms with Crippen LogP contribution in [0.4, 0.5) is 22.0 Å². The first kappa shape index (κ1) is 13.6. The molecule has 0 amide bonds. The van der Waals surface area contributed by atoms with Gasteiger partial charge in [-0.3, -0.25) is 4.79 Å². The molecule has 1 aromatic heterocycles. The molecule has 17 heavy (non-hydrogen) atoms. The molecule has 0 radical (unpaired) electrons. The van der Waals surface area contributed by atoms with E-state index in [0.29, 0.717) is 0 Å². The molecule has 1 N–H and O–H groups in total. The number of aliphatic hydroxyl groups excluding tert-OH is 1. The molecule has 0 fully saturated rings. The van der Waals surface area contributed by atoms with Crippen LogP contribution >= 0.6 is 11.3 Å². The SMILES string of the molecule is O=C(/C=C(\O)c1cccs1)C(F)(F)C(F)(F)F. The zero-order valence-electron chi connectivity index (χ0n) is 7.96. The highest BCUT2D eigenvalue weighted by Crippen LogP contribution is 2.36. The largest absolute Gasteiger partial charge is 0.506 e. The molecule has 0 atom stereocenters. The summed E-state index contributed by atoms with van der Waals surface area (Å²) in [5.41, 5.74) is 0. The number of alkyl halides is 5. The van der Waals surface area contributed by atoms with Gasteiger partial charge in [0.2, 0.25) is 5.78 Å². The van der Waals surface area contributed by atoms with E-state index in [1.54, 1.807) is 0 Å². The third kappa shape index (κ3) is 2.82. The van der Waals surface area contributed by atoms with Crippen molar-refractivity contribution in [3.8, 4) is 0 Å². The quantitative estimate of drug-likeness (QED) is 0.520. The van der Waals surface area contributed by atoms with Gasteiger partial charge in [-0.05, 0) is 11.4 Å². The lowest BCUT2D eigenvalue weighted by molar-refractivity contribution is -0.266. The number of ketones is 1. The van der Waals surface area contributed by atoms with Gasteiger partial charge in [-0.25, -0.2) is 0 Å². The number of halogens is 5. The Hall–Kier alpha value is -1.44. The van der Waals surface area contributed by atoms with Crippen LogP contribution in [0, 0.1) is 0 Å². The first-order valence-corrected chi connectivity index (χ1v) is 4.97. The fraction of sp³-hybridized carbons (Fsp3) is 0.222. The van der Waals surface area contributed by atoms with Crippen LogP contribution in [0.5, 0.6) is 0 Å². The van der Waals surface area contributed by atoms with Crippen molar-refractivity contribution < 1.29 is 31.9 Å². The van der Waals surface area contributed by atoms with E-state index in [0.717, 1.165) is 11.3 Å². The smallest absolute Gasteiger partial charge is 0.461 e. The van der Waals surface area contributed by atoms with E-state index in [2.05, 4.69) is 0 Å². The number of aliphatic hydroxyl groups is 1. The summed E-state index contributed by atoms with van der Waals surface area (Å²) in [5.74, 6) is -8.93. The van der Waals surface area contributed by atoms with E-state index in [-0.39, 0.29) is 11.0 Å². The van der Waals surface area contributed by atoms with Crippen molar-refractivity contribution in [2.75, 3.05) is 0 Å². The van der Waals surface area contributed by atoms with E-state index in [1.165, 1.54) is 17.5 Å². The van der Waals surface area contributed by atoms with E-state index in [9.17, 15) is 26.7 Å². The van der Waals surface area contributed by atoms with Gasteiger partial charge in [0.1, 0.15) is 5.76 Å². The number of allylic oxidation sites excluding steroid dienone is 1. The van der Waals surface area contributed by atoms with Gasteiger partial charge in [-0.1, -0.05) is 6.07 Å². The fourth-order valence-electron chi connectivity index (χ4n) is 0.850. The van der Waals surface area contributed by atoms with Crippen molar-refractivity contribution in [1.82, 2.24) is 0 Å². The van der Waals surface area contributed by atoms with Crippen molar-refractivity contribution in [1.29, 1.82) is 0 Å². The van der Waals surface area contributed by atoms with Gasteiger partial charge in [0.25, 0.3) is 0 Å². The molecule has 94 valence electrons. The fourth-order valence-corrected chi connectivity index (χ4v) is 1.49. The summed E-state index contributed by atoms with van der Waals surface area (Å²) in [7, 11) is 0. The molecule has 0 aromatic carbocycles. The predicted octanol–water partition coefficient (Wildman–Crippen LogP) is 3.41. The van der Waals surface area contributed by atoms with Gasteiger partial charge >= 0.3 is 12.1 Å². The van der Waals surface area contributed by atoms with E-state index < -0.39 is 23.6 Å². The molecule has 0 aliphatic carbocycles. The highest BCUT2D eigenvalue weighted by atomic mass is 32.1. The minimum atomic E-state index is -5.98. The van der Waals surface area contributed by atoms with Gasteiger partial charge in [-0.2, -0.15) is 22.0 Å². The van der Waals surface area contributed by atoms with E-state index in [1.807, 2.05) is 0 Å². The van der Waals surface area contributed by atoms with Crippen molar-refractivity contribution in [3.63, 3.8) is 0 Å². The molecule has 1 aromatic rings. The molecule has 8 heteroatoms. The van der Waals surface area contributed by atoms with Crippen LogP contribution < -0.4 is 0 Å². The van der Waals surface area contributed by atoms with Crippen LogP contribution in [-0.2, 0) is 4.79 Å². The molecule has 0 spiro atoms. The Morgan fingerprint density at radius 1 is 1.29 bits per heavy atom. The molecule has 0 aliphatic rings. The van der Waals surface area contributed by atoms with Crippen LogP contribution in [-0.4, -0.2) is 23.0 Å². The lowest BCUT2D eigenvalue weighted by atomic mass is 10.2. The summed E-state index contributed by atoms with van der Waals surface area (Å²) in [5, 5.41) is 10.6. The molecule has 0 saturated heterocycles. The van der Waals surface area contributed by atoms with E-state index in [4.69, 9.17) is 5.11 Å². The number of hydrogen-bond acceptors (Lipinski definition) is 3. The molecular formula is C9H5F5O2S. The van der Waals surface area contributed by atoms with Gasteiger partial charge in [-0.15, -0.1) is 11.3 Å². The summed E-state index contributed by atoms with van der Waals surface area (Å²) in [6.07, 6.45) is -6.10. The maximum atomic E-state index is 12.5. The van der Waals surface area contributed by atoms with E-state index >= 15 is 0 Å². The first-order valence-electron chi connectivity index (χ1n) is 4.10. The van der Waals surface area contributed by atoms with Crippen LogP contribution in [0.1, 0.15) is 4.88 Å². The van der Waals surface area contributed by atoms with Crippen LogP contribution in [0.15, 0.2) is 23.6 Å². The third-order valence-corrected chi connectivity index (χ3v) is 2.60. The molecule has 0 unspecified atom stereocenters. The highest BCUT2D eigenvalue weighted by molar-refractivity contribution is 7.11. The predicted molar refractivity (Wildman–Crippen MR) is 50.9 cm³/mol. The minimum Gasteiger partial charge on any atom is -0.506 e. The lowest BCUT2D eigenvalue weighted by Gasteiger charge is -2.16. The van der Waals surface area contributed by atoms with Crippen LogP contribution in [0.2, 0.25) is 0 Å². The number of carbonyl (C=O) groups is 1. The average Bonchev–Trinajstić information content (AvgIpc) is 2.68. The Morgan fingerprint density at radius 2 is 1.88 bits per heavy atom. The van der Waals surface area contributed by atoms with Crippen molar-refractivity contribution in [2.24, 2.45) is 0 Å². The Kier molecular flexibility index (Phi) is 3.56. The number of thiophene rings is 1. The summed E-state index contributed by atoms with van der Waals surface area (Å²) in [6, 6.07) is 2.71. The van der Waals surface area contributed by atoms with Crippen LogP contribution in [0.25, 0.3) is 5.76 Å². The number of carbonyl (C=O) groups excluding carboxylic acids is 1. The summed E-state index contributed by atoms with van der Waals surface area (Å²) >= 11 is 0.894. The second-order valence-corrected chi connectivity index (χ2v) is 3.89. The highest BCUT2D eigenvalue weighted by Gasteiger charge is 2.62. The molecule has 1 heterocycles. The topological polar surface area (TPSA) is 37.3 Å². The Bertz CT molecular complexity index is 433. The molecule has 0 saturated carbocycles. The monoisotopic (exact) mass is 272 g/mol. The maximum Gasteiger partial charge on any atom is 0.461 e. The molecule has 0 bridgehead atoms. The summed E-state index contributed by atoms with van der Waals surface area (Å²) in [4.78, 5) is 10.7. The molecule has 1 rings (SSSR count). The summed E-state index contributed by atoms with van der Waals surface area (Å²) in [6.45, 7) is 0. The van der Waals surface area contributed by atoms with Crippen molar-refractivity contribution in [3.05, 3.63) is 28.5 Å². The standard InChI is InChI=1S/C9H5F5O2S/c10-8(11,9(12,13)14)7(16)4-5(15)6-2-1-3-17-6/h1-4,15H/b5-4-. The van der Waals surface area contributed by atoms with Crippen molar-refractivity contribution >= 4 is 22.9 Å². The molecular weight excluding hydrogens is 267 g/mol. The first-order chi connectivity index (χ1) is 7.66. The van der Waals surface area contributed by atoms with Crippen molar-refractivity contribution in [2.45, 2.75) is 12.1 Å². The number of rotatable bonds is 3. The number of hydrogen-bond donors (Lipinski definition) is 1. The third-order valence-electron chi connectivity index (χ3n) is 1.71. The second kappa shape index (κ2) is 4.44. The zero-order chi connectivity index (χ0) is 13.3. The Labute approximate surface area is 96.0 Å². The summed E-state index contributed by atoms with van der Waals surface area (Å²) < 4.78 is 60.4. The van der Waals surface area contributed by atoms with Gasteiger partial charge in [0, 0.05) is 6.08 Å². The lowest BCUT2D eigenvalue weighted by Crippen LogP contribution is -2.43. The second-order valence-electron chi connectivity index (χ2n) is 2.94. The molecule has 0 aliphatic heterocycles.